The standard InChI is InChI=1S/C16H17N3O4S/c1-2-18-15(23)11-9(20)6-5-8-10(13(17)21)16(24-12(8)11)19-14(22)7-3-4-7/h5-7,20H,2-4H2,1H3,(H2,17,21)(H,18,23)(H,19,22). The van der Waals surface area contributed by atoms with Crippen molar-refractivity contribution in [3.63, 3.8) is 0 Å². The zero-order valence-corrected chi connectivity index (χ0v) is 13.8. The molecular formula is C16H17N3O4S. The van der Waals surface area contributed by atoms with Crippen molar-refractivity contribution < 1.29 is 19.5 Å². The number of benzene rings is 1. The fourth-order valence-corrected chi connectivity index (χ4v) is 3.76. The maximum atomic E-state index is 12.2. The summed E-state index contributed by atoms with van der Waals surface area (Å²) < 4.78 is 0.417. The van der Waals surface area contributed by atoms with Gasteiger partial charge in [0, 0.05) is 17.8 Å². The Kier molecular flexibility index (Phi) is 4.15. The summed E-state index contributed by atoms with van der Waals surface area (Å²) in [5.41, 5.74) is 5.71. The lowest BCUT2D eigenvalue weighted by Crippen LogP contribution is -2.22. The highest BCUT2D eigenvalue weighted by Crippen LogP contribution is 2.41. The summed E-state index contributed by atoms with van der Waals surface area (Å²) in [4.78, 5) is 36.1. The summed E-state index contributed by atoms with van der Waals surface area (Å²) in [6.45, 7) is 2.16. The highest BCUT2D eigenvalue weighted by atomic mass is 32.1. The number of amides is 3. The Balaban J connectivity index is 2.16. The molecule has 0 radical (unpaired) electrons. The van der Waals surface area contributed by atoms with Crippen molar-refractivity contribution in [2.24, 2.45) is 11.7 Å². The number of carbonyl (C=O) groups excluding carboxylic acids is 3. The maximum absolute atomic E-state index is 12.2. The van der Waals surface area contributed by atoms with Crippen molar-refractivity contribution in [3.05, 3.63) is 23.3 Å². The van der Waals surface area contributed by atoms with Crippen LogP contribution in [-0.2, 0) is 4.79 Å². The monoisotopic (exact) mass is 347 g/mol. The largest absolute Gasteiger partial charge is 0.507 e. The number of hydrogen-bond acceptors (Lipinski definition) is 5. The van der Waals surface area contributed by atoms with Crippen LogP contribution in [0.1, 0.15) is 40.5 Å². The van der Waals surface area contributed by atoms with Gasteiger partial charge in [0.15, 0.2) is 0 Å². The van der Waals surface area contributed by atoms with Crippen LogP contribution in [0.25, 0.3) is 10.1 Å². The number of thiophene rings is 1. The van der Waals surface area contributed by atoms with Crippen LogP contribution in [0.2, 0.25) is 0 Å². The number of hydrogen-bond donors (Lipinski definition) is 4. The third-order valence-electron chi connectivity index (χ3n) is 3.83. The third-order valence-corrected chi connectivity index (χ3v) is 4.97. The predicted molar refractivity (Wildman–Crippen MR) is 91.4 cm³/mol. The van der Waals surface area contributed by atoms with Gasteiger partial charge in [0.05, 0.1) is 15.8 Å². The Morgan fingerprint density at radius 2 is 2.00 bits per heavy atom. The quantitative estimate of drug-likeness (QED) is 0.659. The first-order valence-electron chi connectivity index (χ1n) is 7.61. The van der Waals surface area contributed by atoms with Crippen molar-refractivity contribution in [1.29, 1.82) is 0 Å². The van der Waals surface area contributed by atoms with Crippen LogP contribution in [0.15, 0.2) is 12.1 Å². The summed E-state index contributed by atoms with van der Waals surface area (Å²) in [6.07, 6.45) is 1.65. The van der Waals surface area contributed by atoms with Crippen molar-refractivity contribution in [1.82, 2.24) is 5.32 Å². The fraction of sp³-hybridized carbons (Fsp3) is 0.312. The molecule has 126 valence electrons. The van der Waals surface area contributed by atoms with Gasteiger partial charge in [-0.05, 0) is 31.9 Å². The Bertz CT molecular complexity index is 855. The molecule has 1 heterocycles. The van der Waals surface area contributed by atoms with Crippen LogP contribution in [0.5, 0.6) is 5.75 Å². The van der Waals surface area contributed by atoms with Crippen LogP contribution in [-0.4, -0.2) is 29.4 Å². The molecule has 0 saturated heterocycles. The van der Waals surface area contributed by atoms with E-state index in [2.05, 4.69) is 10.6 Å². The number of rotatable bonds is 5. The number of phenolic OH excluding ortho intramolecular Hbond substituents is 1. The average Bonchev–Trinajstić information content (AvgIpc) is 3.29. The second-order valence-electron chi connectivity index (χ2n) is 5.63. The lowest BCUT2D eigenvalue weighted by molar-refractivity contribution is -0.117. The molecule has 1 aliphatic carbocycles. The second kappa shape index (κ2) is 6.12. The van der Waals surface area contributed by atoms with E-state index < -0.39 is 11.8 Å². The van der Waals surface area contributed by atoms with Crippen molar-refractivity contribution in [2.45, 2.75) is 19.8 Å². The fourth-order valence-electron chi connectivity index (χ4n) is 2.51. The molecule has 1 fully saturated rings. The molecule has 8 heteroatoms. The topological polar surface area (TPSA) is 122 Å². The molecule has 1 aliphatic rings. The van der Waals surface area contributed by atoms with Crippen LogP contribution < -0.4 is 16.4 Å². The van der Waals surface area contributed by atoms with Gasteiger partial charge in [-0.3, -0.25) is 14.4 Å². The molecule has 3 rings (SSSR count). The minimum Gasteiger partial charge on any atom is -0.507 e. The van der Waals surface area contributed by atoms with Gasteiger partial charge in [0.25, 0.3) is 11.8 Å². The lowest BCUT2D eigenvalue weighted by atomic mass is 10.1. The number of nitrogens with two attached hydrogens (primary N) is 1. The van der Waals surface area contributed by atoms with E-state index >= 15 is 0 Å². The van der Waals surface area contributed by atoms with Crippen molar-refractivity contribution >= 4 is 44.1 Å². The molecule has 1 aromatic heterocycles. The van der Waals surface area contributed by atoms with Crippen molar-refractivity contribution in [2.75, 3.05) is 11.9 Å². The first kappa shape index (κ1) is 16.3. The molecule has 1 aromatic carbocycles. The number of fused-ring (bicyclic) bond motifs is 1. The Hall–Kier alpha value is -2.61. The van der Waals surface area contributed by atoms with Gasteiger partial charge in [-0.25, -0.2) is 0 Å². The van der Waals surface area contributed by atoms with Gasteiger partial charge in [-0.1, -0.05) is 0 Å². The highest BCUT2D eigenvalue weighted by Gasteiger charge is 2.31. The highest BCUT2D eigenvalue weighted by molar-refractivity contribution is 7.24. The zero-order valence-electron chi connectivity index (χ0n) is 13.0. The van der Waals surface area contributed by atoms with Gasteiger partial charge in [-0.15, -0.1) is 11.3 Å². The van der Waals surface area contributed by atoms with Crippen LogP contribution in [0, 0.1) is 5.92 Å². The van der Waals surface area contributed by atoms with E-state index in [-0.39, 0.29) is 28.7 Å². The lowest BCUT2D eigenvalue weighted by Gasteiger charge is -2.06. The van der Waals surface area contributed by atoms with E-state index in [9.17, 15) is 19.5 Å². The predicted octanol–water partition coefficient (Wildman–Crippen LogP) is 1.80. The maximum Gasteiger partial charge on any atom is 0.256 e. The van der Waals surface area contributed by atoms with Gasteiger partial charge < -0.3 is 21.5 Å². The molecule has 0 atom stereocenters. The summed E-state index contributed by atoms with van der Waals surface area (Å²) in [6, 6.07) is 2.87. The minimum absolute atomic E-state index is 0.0350. The van der Waals surface area contributed by atoms with Gasteiger partial charge in [-0.2, -0.15) is 0 Å². The molecular weight excluding hydrogens is 330 g/mol. The molecule has 0 aliphatic heterocycles. The SMILES string of the molecule is CCNC(=O)c1c(O)ccc2c(C(N)=O)c(NC(=O)C3CC3)sc12. The van der Waals surface area contributed by atoms with E-state index in [4.69, 9.17) is 5.73 Å². The van der Waals surface area contributed by atoms with E-state index in [1.54, 1.807) is 6.92 Å². The van der Waals surface area contributed by atoms with Crippen LogP contribution in [0.3, 0.4) is 0 Å². The Morgan fingerprint density at radius 3 is 2.58 bits per heavy atom. The van der Waals surface area contributed by atoms with Gasteiger partial charge in [0.2, 0.25) is 5.91 Å². The van der Waals surface area contributed by atoms with Crippen molar-refractivity contribution in [3.8, 4) is 5.75 Å². The number of carbonyl (C=O) groups is 3. The molecule has 1 saturated carbocycles. The molecule has 7 nitrogen and oxygen atoms in total. The summed E-state index contributed by atoms with van der Waals surface area (Å²) in [5, 5.41) is 16.2. The Labute approximate surface area is 141 Å². The number of phenols is 1. The molecule has 0 unspecified atom stereocenters. The van der Waals surface area contributed by atoms with Crippen LogP contribution in [0.4, 0.5) is 5.00 Å². The average molecular weight is 347 g/mol. The molecule has 0 bridgehead atoms. The first-order valence-corrected chi connectivity index (χ1v) is 8.43. The molecule has 5 N–H and O–H groups in total. The number of anilines is 1. The van der Waals surface area contributed by atoms with E-state index in [1.165, 1.54) is 12.1 Å². The zero-order chi connectivity index (χ0) is 17.4. The number of aromatic hydroxyl groups is 1. The number of primary amides is 1. The Morgan fingerprint density at radius 1 is 1.29 bits per heavy atom. The summed E-state index contributed by atoms with van der Waals surface area (Å²) in [5.74, 6) is -1.52. The molecule has 24 heavy (non-hydrogen) atoms. The molecule has 3 amide bonds. The summed E-state index contributed by atoms with van der Waals surface area (Å²) >= 11 is 1.07. The second-order valence-corrected chi connectivity index (χ2v) is 6.65. The number of nitrogens with one attached hydrogen (secondary N) is 2. The smallest absolute Gasteiger partial charge is 0.256 e. The van der Waals surface area contributed by atoms with Crippen LogP contribution >= 0.6 is 11.3 Å². The van der Waals surface area contributed by atoms with Gasteiger partial charge >= 0.3 is 0 Å². The van der Waals surface area contributed by atoms with E-state index in [0.29, 0.717) is 21.6 Å². The minimum atomic E-state index is -0.695. The third kappa shape index (κ3) is 2.80. The van der Waals surface area contributed by atoms with Gasteiger partial charge in [0.1, 0.15) is 10.8 Å². The first-order chi connectivity index (χ1) is 11.4. The van der Waals surface area contributed by atoms with E-state index in [1.807, 2.05) is 0 Å². The molecule has 0 spiro atoms. The summed E-state index contributed by atoms with van der Waals surface area (Å²) in [7, 11) is 0. The van der Waals surface area contributed by atoms with E-state index in [0.717, 1.165) is 24.2 Å². The molecule has 2 aromatic rings. The normalized spacial score (nSPS) is 13.7.